The topological polar surface area (TPSA) is 72.9 Å². The maximum Gasteiger partial charge on any atom is 0.255 e. The molecule has 1 fully saturated rings. The number of nitrogens with two attached hydrogens (primary N) is 1. The largest absolute Gasteiger partial charge is 0.391 e. The molecule has 1 aliphatic carbocycles. The number of thiocarbonyl (C=S) groups is 1. The minimum atomic E-state index is -0.537. The molecule has 1 aromatic rings. The van der Waals surface area contributed by atoms with Crippen molar-refractivity contribution in [3.8, 4) is 0 Å². The van der Waals surface area contributed by atoms with Crippen LogP contribution in [0.1, 0.15) is 54.6 Å². The van der Waals surface area contributed by atoms with Gasteiger partial charge in [0.05, 0.1) is 21.8 Å². The van der Waals surface area contributed by atoms with Crippen molar-refractivity contribution in [2.75, 3.05) is 0 Å². The summed E-state index contributed by atoms with van der Waals surface area (Å²) >= 11 is 5.24. The van der Waals surface area contributed by atoms with E-state index < -0.39 is 5.54 Å². The second-order valence-electron chi connectivity index (χ2n) is 5.62. The molecule has 5 nitrogen and oxygen atoms in total. The summed E-state index contributed by atoms with van der Waals surface area (Å²) in [5.74, 6) is -0.134. The number of hydrogen-bond acceptors (Lipinski definition) is 3. The zero-order valence-electron chi connectivity index (χ0n) is 12.1. The Morgan fingerprint density at radius 1 is 1.40 bits per heavy atom. The van der Waals surface area contributed by atoms with Crippen molar-refractivity contribution in [1.29, 1.82) is 0 Å². The smallest absolute Gasteiger partial charge is 0.255 e. The Bertz CT molecular complexity index is 515. The van der Waals surface area contributed by atoms with Crippen LogP contribution < -0.4 is 11.1 Å². The van der Waals surface area contributed by atoms with Crippen LogP contribution in [-0.2, 0) is 7.05 Å². The predicted molar refractivity (Wildman–Crippen MR) is 82.6 cm³/mol. The molecular formula is C14H22N4OS. The molecule has 0 atom stereocenters. The Hall–Kier alpha value is -1.43. The van der Waals surface area contributed by atoms with Crippen molar-refractivity contribution in [2.24, 2.45) is 12.8 Å². The summed E-state index contributed by atoms with van der Waals surface area (Å²) in [7, 11) is 1.80. The number of aryl methyl sites for hydroxylation is 2. The van der Waals surface area contributed by atoms with Crippen molar-refractivity contribution in [1.82, 2.24) is 15.1 Å². The standard InChI is InChI=1S/C14H22N4OS/c1-10-11(9-18(2)17-10)12(19)16-14(13(15)20)7-5-3-4-6-8-14/h9H,3-8H2,1-2H3,(H2,15,20)(H,16,19). The van der Waals surface area contributed by atoms with Crippen LogP contribution in [0.5, 0.6) is 0 Å². The third kappa shape index (κ3) is 3.00. The second kappa shape index (κ2) is 5.91. The normalized spacial score (nSPS) is 18.3. The number of hydrogen-bond donors (Lipinski definition) is 2. The second-order valence-corrected chi connectivity index (χ2v) is 6.06. The number of amides is 1. The quantitative estimate of drug-likeness (QED) is 0.659. The van der Waals surface area contributed by atoms with Gasteiger partial charge in [0.15, 0.2) is 0 Å². The maximum atomic E-state index is 12.5. The minimum Gasteiger partial charge on any atom is -0.391 e. The minimum absolute atomic E-state index is 0.134. The summed E-state index contributed by atoms with van der Waals surface area (Å²) in [5.41, 5.74) is 6.71. The summed E-state index contributed by atoms with van der Waals surface area (Å²) in [6.07, 6.45) is 7.82. The summed E-state index contributed by atoms with van der Waals surface area (Å²) < 4.78 is 1.64. The molecule has 6 heteroatoms. The van der Waals surface area contributed by atoms with Gasteiger partial charge in [-0.3, -0.25) is 9.48 Å². The molecule has 0 spiro atoms. The highest BCUT2D eigenvalue weighted by molar-refractivity contribution is 7.80. The zero-order chi connectivity index (χ0) is 14.8. The van der Waals surface area contributed by atoms with Gasteiger partial charge in [-0.25, -0.2) is 0 Å². The van der Waals surface area contributed by atoms with Crippen LogP contribution in [0.15, 0.2) is 6.20 Å². The summed E-state index contributed by atoms with van der Waals surface area (Å²) in [5, 5.41) is 7.29. The molecule has 1 aromatic heterocycles. The first kappa shape index (κ1) is 15.0. The Morgan fingerprint density at radius 2 is 2.00 bits per heavy atom. The monoisotopic (exact) mass is 294 g/mol. The number of nitrogens with one attached hydrogen (secondary N) is 1. The van der Waals surface area contributed by atoms with Crippen LogP contribution >= 0.6 is 12.2 Å². The molecule has 1 amide bonds. The molecule has 0 bridgehead atoms. The van der Waals surface area contributed by atoms with E-state index in [1.165, 1.54) is 12.8 Å². The molecule has 3 N–H and O–H groups in total. The first-order valence-corrected chi connectivity index (χ1v) is 7.48. The van der Waals surface area contributed by atoms with E-state index in [0.29, 0.717) is 10.6 Å². The molecule has 0 aromatic carbocycles. The molecule has 20 heavy (non-hydrogen) atoms. The van der Waals surface area contributed by atoms with Crippen molar-refractivity contribution in [3.05, 3.63) is 17.5 Å². The van der Waals surface area contributed by atoms with E-state index in [4.69, 9.17) is 18.0 Å². The number of nitrogens with zero attached hydrogens (tertiary/aromatic N) is 2. The van der Waals surface area contributed by atoms with E-state index in [2.05, 4.69) is 10.4 Å². The van der Waals surface area contributed by atoms with E-state index in [-0.39, 0.29) is 5.91 Å². The Kier molecular flexibility index (Phi) is 4.42. The molecule has 110 valence electrons. The lowest BCUT2D eigenvalue weighted by Gasteiger charge is -2.32. The van der Waals surface area contributed by atoms with Crippen LogP contribution in [0, 0.1) is 6.92 Å². The van der Waals surface area contributed by atoms with Gasteiger partial charge in [-0.1, -0.05) is 37.9 Å². The lowest BCUT2D eigenvalue weighted by molar-refractivity contribution is 0.0917. The van der Waals surface area contributed by atoms with E-state index in [9.17, 15) is 4.79 Å². The molecule has 0 saturated heterocycles. The lowest BCUT2D eigenvalue weighted by atomic mass is 9.89. The van der Waals surface area contributed by atoms with Crippen molar-refractivity contribution in [3.63, 3.8) is 0 Å². The van der Waals surface area contributed by atoms with Gasteiger partial charge in [0.25, 0.3) is 5.91 Å². The van der Waals surface area contributed by atoms with Gasteiger partial charge in [0.1, 0.15) is 0 Å². The van der Waals surface area contributed by atoms with Crippen molar-refractivity contribution >= 4 is 23.1 Å². The van der Waals surface area contributed by atoms with E-state index in [0.717, 1.165) is 31.4 Å². The van der Waals surface area contributed by atoms with Gasteiger partial charge in [0.2, 0.25) is 0 Å². The van der Waals surface area contributed by atoms with Crippen LogP contribution in [0.25, 0.3) is 0 Å². The molecule has 1 heterocycles. The molecule has 0 aliphatic heterocycles. The van der Waals surface area contributed by atoms with E-state index in [1.807, 2.05) is 6.92 Å². The van der Waals surface area contributed by atoms with Crippen LogP contribution in [0.4, 0.5) is 0 Å². The highest BCUT2D eigenvalue weighted by atomic mass is 32.1. The van der Waals surface area contributed by atoms with Gasteiger partial charge in [-0.2, -0.15) is 5.10 Å². The maximum absolute atomic E-state index is 12.5. The number of carbonyl (C=O) groups is 1. The van der Waals surface area contributed by atoms with E-state index >= 15 is 0 Å². The Morgan fingerprint density at radius 3 is 2.45 bits per heavy atom. The van der Waals surface area contributed by atoms with E-state index in [1.54, 1.807) is 17.9 Å². The SMILES string of the molecule is Cc1nn(C)cc1C(=O)NC1(C(N)=S)CCCCCC1. The van der Waals surface area contributed by atoms with Crippen molar-refractivity contribution < 1.29 is 4.79 Å². The van der Waals surface area contributed by atoms with Crippen molar-refractivity contribution in [2.45, 2.75) is 51.0 Å². The zero-order valence-corrected chi connectivity index (χ0v) is 12.9. The summed E-state index contributed by atoms with van der Waals surface area (Å²) in [6, 6.07) is 0. The predicted octanol–water partition coefficient (Wildman–Crippen LogP) is 1.84. The molecule has 1 saturated carbocycles. The average Bonchev–Trinajstić information content (AvgIpc) is 2.60. The van der Waals surface area contributed by atoms with Gasteiger partial charge >= 0.3 is 0 Å². The van der Waals surface area contributed by atoms with Gasteiger partial charge in [0, 0.05) is 13.2 Å². The number of aromatic nitrogens is 2. The number of carbonyl (C=O) groups excluding carboxylic acids is 1. The molecule has 2 rings (SSSR count). The Balaban J connectivity index is 2.21. The molecule has 0 unspecified atom stereocenters. The first-order valence-electron chi connectivity index (χ1n) is 7.07. The van der Waals surface area contributed by atoms with Gasteiger partial charge < -0.3 is 11.1 Å². The fraction of sp³-hybridized carbons (Fsp3) is 0.643. The van der Waals surface area contributed by atoms with Gasteiger partial charge in [-0.05, 0) is 19.8 Å². The first-order chi connectivity index (χ1) is 9.44. The third-order valence-electron chi connectivity index (χ3n) is 4.04. The molecular weight excluding hydrogens is 272 g/mol. The lowest BCUT2D eigenvalue weighted by Crippen LogP contribution is -2.56. The fourth-order valence-electron chi connectivity index (χ4n) is 2.87. The fourth-order valence-corrected chi connectivity index (χ4v) is 3.13. The third-order valence-corrected chi connectivity index (χ3v) is 4.43. The average molecular weight is 294 g/mol. The molecule has 0 radical (unpaired) electrons. The number of rotatable bonds is 3. The van der Waals surface area contributed by atoms with Crippen LogP contribution in [-0.4, -0.2) is 26.2 Å². The highest BCUT2D eigenvalue weighted by Gasteiger charge is 2.36. The molecule has 1 aliphatic rings. The van der Waals surface area contributed by atoms with Crippen LogP contribution in [0.3, 0.4) is 0 Å². The van der Waals surface area contributed by atoms with Crippen LogP contribution in [0.2, 0.25) is 0 Å². The summed E-state index contributed by atoms with van der Waals surface area (Å²) in [6.45, 7) is 1.83. The Labute approximate surface area is 124 Å². The highest BCUT2D eigenvalue weighted by Crippen LogP contribution is 2.28. The summed E-state index contributed by atoms with van der Waals surface area (Å²) in [4.78, 5) is 12.9. The van der Waals surface area contributed by atoms with Gasteiger partial charge in [-0.15, -0.1) is 0 Å².